The van der Waals surface area contributed by atoms with Gasteiger partial charge in [0.1, 0.15) is 16.8 Å². The second kappa shape index (κ2) is 8.87. The number of amides is 1. The average molecular weight is 374 g/mol. The summed E-state index contributed by atoms with van der Waals surface area (Å²) >= 11 is 3.01. The molecule has 3 rings (SSSR count). The Labute approximate surface area is 153 Å². The van der Waals surface area contributed by atoms with Crippen LogP contribution >= 0.6 is 22.7 Å². The predicted octanol–water partition coefficient (Wildman–Crippen LogP) is 3.35. The van der Waals surface area contributed by atoms with E-state index < -0.39 is 0 Å². The van der Waals surface area contributed by atoms with Crippen molar-refractivity contribution in [3.8, 4) is 10.6 Å². The summed E-state index contributed by atoms with van der Waals surface area (Å²) in [5.74, 6) is -0.230. The van der Waals surface area contributed by atoms with Gasteiger partial charge in [-0.25, -0.2) is 4.98 Å². The number of aliphatic hydroxyl groups excluding tert-OH is 1. The fraction of sp³-hybridized carbons (Fsp3) is 0.222. The van der Waals surface area contributed by atoms with Crippen molar-refractivity contribution >= 4 is 28.6 Å². The van der Waals surface area contributed by atoms with E-state index in [2.05, 4.69) is 10.3 Å². The number of thiophene rings is 1. The van der Waals surface area contributed by atoms with E-state index in [1.165, 1.54) is 11.3 Å². The molecule has 0 aliphatic rings. The summed E-state index contributed by atoms with van der Waals surface area (Å²) in [5.41, 5.74) is 2.38. The number of carbonyl (C=O) groups is 1. The molecule has 0 spiro atoms. The van der Waals surface area contributed by atoms with Gasteiger partial charge in [0, 0.05) is 17.5 Å². The summed E-state index contributed by atoms with van der Waals surface area (Å²) in [5, 5.41) is 18.3. The number of carbonyl (C=O) groups excluding carboxylic acids is 1. The van der Waals surface area contributed by atoms with E-state index in [1.54, 1.807) is 16.7 Å². The fourth-order valence-electron chi connectivity index (χ4n) is 2.29. The Morgan fingerprint density at radius 2 is 2.08 bits per heavy atom. The molecule has 7 heteroatoms. The molecule has 0 bridgehead atoms. The molecule has 3 aromatic rings. The van der Waals surface area contributed by atoms with E-state index >= 15 is 0 Å². The van der Waals surface area contributed by atoms with Gasteiger partial charge in [-0.2, -0.15) is 11.3 Å². The zero-order chi connectivity index (χ0) is 17.5. The lowest BCUT2D eigenvalue weighted by Gasteiger charge is -2.16. The van der Waals surface area contributed by atoms with Crippen LogP contribution in [0.4, 0.5) is 0 Å². The summed E-state index contributed by atoms with van der Waals surface area (Å²) in [6, 6.07) is 11.7. The number of nitrogens with zero attached hydrogens (tertiary/aromatic N) is 1. The van der Waals surface area contributed by atoms with E-state index in [0.29, 0.717) is 12.2 Å². The van der Waals surface area contributed by atoms with Crippen molar-refractivity contribution in [3.63, 3.8) is 0 Å². The third-order valence-electron chi connectivity index (χ3n) is 3.53. The molecule has 0 saturated heterocycles. The fourth-order valence-corrected chi connectivity index (χ4v) is 3.80. The van der Waals surface area contributed by atoms with Crippen molar-refractivity contribution in [2.75, 3.05) is 19.8 Å². The zero-order valence-electron chi connectivity index (χ0n) is 13.4. The third kappa shape index (κ3) is 4.73. The number of rotatable bonds is 8. The van der Waals surface area contributed by atoms with Crippen LogP contribution in [0.3, 0.4) is 0 Å². The van der Waals surface area contributed by atoms with Crippen LogP contribution < -0.4 is 5.32 Å². The third-order valence-corrected chi connectivity index (χ3v) is 5.12. The number of hydrogen-bond acceptors (Lipinski definition) is 6. The van der Waals surface area contributed by atoms with Gasteiger partial charge < -0.3 is 15.2 Å². The Balaban J connectivity index is 1.62. The quantitative estimate of drug-likeness (QED) is 0.634. The molecule has 2 heterocycles. The molecule has 130 valence electrons. The van der Waals surface area contributed by atoms with Gasteiger partial charge >= 0.3 is 0 Å². The van der Waals surface area contributed by atoms with Crippen LogP contribution in [-0.2, 0) is 4.74 Å². The van der Waals surface area contributed by atoms with Crippen LogP contribution in [0.15, 0.2) is 52.5 Å². The summed E-state index contributed by atoms with van der Waals surface area (Å²) in [7, 11) is 0. The van der Waals surface area contributed by atoms with Gasteiger partial charge in [-0.05, 0) is 22.4 Å². The molecule has 25 heavy (non-hydrogen) atoms. The van der Waals surface area contributed by atoms with Crippen molar-refractivity contribution in [1.82, 2.24) is 10.3 Å². The molecule has 1 atom stereocenters. The highest BCUT2D eigenvalue weighted by atomic mass is 32.1. The van der Waals surface area contributed by atoms with Gasteiger partial charge in [-0.1, -0.05) is 30.3 Å². The van der Waals surface area contributed by atoms with E-state index in [4.69, 9.17) is 9.84 Å². The van der Waals surface area contributed by atoms with Crippen LogP contribution in [0.25, 0.3) is 10.6 Å². The summed E-state index contributed by atoms with van der Waals surface area (Å²) in [6.45, 7) is 0.500. The largest absolute Gasteiger partial charge is 0.394 e. The highest BCUT2D eigenvalue weighted by Gasteiger charge is 2.16. The molecule has 0 aliphatic heterocycles. The maximum absolute atomic E-state index is 12.4. The predicted molar refractivity (Wildman–Crippen MR) is 100.0 cm³/mol. The van der Waals surface area contributed by atoms with Gasteiger partial charge in [0.2, 0.25) is 0 Å². The molecule has 1 aromatic carbocycles. The number of aromatic nitrogens is 1. The van der Waals surface area contributed by atoms with Gasteiger partial charge in [-0.3, -0.25) is 4.79 Å². The number of ether oxygens (including phenoxy) is 1. The zero-order valence-corrected chi connectivity index (χ0v) is 15.1. The molecule has 2 N–H and O–H groups in total. The second-order valence-corrected chi connectivity index (χ2v) is 6.89. The van der Waals surface area contributed by atoms with Gasteiger partial charge in [0.05, 0.1) is 13.2 Å². The Hall–Kier alpha value is -2.06. The molecular formula is C18H18N2O3S2. The van der Waals surface area contributed by atoms with E-state index in [-0.39, 0.29) is 25.2 Å². The normalized spacial score (nSPS) is 12.0. The number of hydrogen-bond donors (Lipinski definition) is 2. The smallest absolute Gasteiger partial charge is 0.270 e. The van der Waals surface area contributed by atoms with Crippen LogP contribution in [0.2, 0.25) is 0 Å². The number of benzene rings is 1. The molecule has 0 unspecified atom stereocenters. The van der Waals surface area contributed by atoms with Gasteiger partial charge in [0.15, 0.2) is 0 Å². The second-order valence-electron chi connectivity index (χ2n) is 5.25. The Bertz CT molecular complexity index is 788. The maximum atomic E-state index is 12.4. The van der Waals surface area contributed by atoms with Crippen molar-refractivity contribution in [3.05, 3.63) is 63.8 Å². The Morgan fingerprint density at radius 3 is 2.80 bits per heavy atom. The molecule has 0 saturated carbocycles. The molecule has 5 nitrogen and oxygen atoms in total. The van der Waals surface area contributed by atoms with Crippen molar-refractivity contribution in [2.24, 2.45) is 0 Å². The number of thiazole rings is 1. The van der Waals surface area contributed by atoms with Crippen LogP contribution in [0.5, 0.6) is 0 Å². The first-order valence-corrected chi connectivity index (χ1v) is 9.64. The monoisotopic (exact) mass is 374 g/mol. The minimum atomic E-state index is -0.283. The summed E-state index contributed by atoms with van der Waals surface area (Å²) < 4.78 is 5.62. The van der Waals surface area contributed by atoms with Crippen LogP contribution in [-0.4, -0.2) is 35.8 Å². The van der Waals surface area contributed by atoms with E-state index in [9.17, 15) is 4.79 Å². The maximum Gasteiger partial charge on any atom is 0.270 e. The number of aliphatic hydroxyl groups is 1. The van der Waals surface area contributed by atoms with E-state index in [1.807, 2.05) is 47.2 Å². The van der Waals surface area contributed by atoms with E-state index in [0.717, 1.165) is 16.1 Å². The molecular weight excluding hydrogens is 356 g/mol. The number of nitrogens with one attached hydrogen (secondary N) is 1. The Morgan fingerprint density at radius 1 is 1.24 bits per heavy atom. The first kappa shape index (κ1) is 17.8. The van der Waals surface area contributed by atoms with Gasteiger partial charge in [0.25, 0.3) is 5.91 Å². The highest BCUT2D eigenvalue weighted by Crippen LogP contribution is 2.23. The van der Waals surface area contributed by atoms with Crippen molar-refractivity contribution < 1.29 is 14.6 Å². The molecule has 0 aliphatic carbocycles. The average Bonchev–Trinajstić information content (AvgIpc) is 3.34. The van der Waals surface area contributed by atoms with Crippen molar-refractivity contribution in [1.29, 1.82) is 0 Å². The topological polar surface area (TPSA) is 71.5 Å². The minimum absolute atomic E-state index is 0.0545. The van der Waals surface area contributed by atoms with Crippen LogP contribution in [0, 0.1) is 0 Å². The molecule has 1 amide bonds. The lowest BCUT2D eigenvalue weighted by molar-refractivity contribution is 0.0279. The Kier molecular flexibility index (Phi) is 6.30. The summed E-state index contributed by atoms with van der Waals surface area (Å²) in [6.07, 6.45) is -0.283. The molecule has 0 radical (unpaired) electrons. The van der Waals surface area contributed by atoms with Crippen LogP contribution in [0.1, 0.15) is 22.2 Å². The molecule has 0 fully saturated rings. The highest BCUT2D eigenvalue weighted by molar-refractivity contribution is 7.13. The first-order chi connectivity index (χ1) is 12.3. The first-order valence-electron chi connectivity index (χ1n) is 7.81. The lowest BCUT2D eigenvalue weighted by Crippen LogP contribution is -2.30. The summed E-state index contributed by atoms with van der Waals surface area (Å²) in [4.78, 5) is 16.8. The van der Waals surface area contributed by atoms with Gasteiger partial charge in [-0.15, -0.1) is 11.3 Å². The SMILES string of the molecule is O=C(NC[C@@H](OCCO)c1ccsc1)c1csc(-c2ccccc2)n1. The lowest BCUT2D eigenvalue weighted by atomic mass is 10.2. The van der Waals surface area contributed by atoms with Crippen molar-refractivity contribution in [2.45, 2.75) is 6.10 Å². The minimum Gasteiger partial charge on any atom is -0.394 e. The standard InChI is InChI=1S/C18H18N2O3S2/c21-7-8-23-16(14-6-9-24-11-14)10-19-17(22)15-12-25-18(20-15)13-4-2-1-3-5-13/h1-6,9,11-12,16,21H,7-8,10H2,(H,19,22)/t16-/m1/s1. The molecule has 2 aromatic heterocycles.